The monoisotopic (exact) mass is 295 g/mol. The highest BCUT2D eigenvalue weighted by Gasteiger charge is 2.14. The van der Waals surface area contributed by atoms with Gasteiger partial charge in [0.15, 0.2) is 0 Å². The SMILES string of the molecule is Cc1nc(-c2ccc(OCCCF)cc2)sc1C(=O)O. The number of hydrogen-bond donors (Lipinski definition) is 1. The highest BCUT2D eigenvalue weighted by molar-refractivity contribution is 7.17. The lowest BCUT2D eigenvalue weighted by molar-refractivity contribution is 0.0701. The Kier molecular flexibility index (Phi) is 4.68. The standard InChI is InChI=1S/C14H14FNO3S/c1-9-12(14(17)18)20-13(16-9)10-3-5-11(6-4-10)19-8-2-7-15/h3-6H,2,7-8H2,1H3,(H,17,18). The lowest BCUT2D eigenvalue weighted by Gasteiger charge is -2.04. The number of aromatic carboxylic acids is 1. The van der Waals surface area contributed by atoms with Crippen molar-refractivity contribution in [2.24, 2.45) is 0 Å². The van der Waals surface area contributed by atoms with Crippen LogP contribution in [0.4, 0.5) is 4.39 Å². The third-order valence-corrected chi connectivity index (χ3v) is 3.83. The molecule has 0 radical (unpaired) electrons. The van der Waals surface area contributed by atoms with Gasteiger partial charge in [0, 0.05) is 12.0 Å². The highest BCUT2D eigenvalue weighted by Crippen LogP contribution is 2.29. The van der Waals surface area contributed by atoms with Crippen LogP contribution in [-0.2, 0) is 0 Å². The number of halogens is 1. The summed E-state index contributed by atoms with van der Waals surface area (Å²) in [5.41, 5.74) is 1.35. The van der Waals surface area contributed by atoms with E-state index in [4.69, 9.17) is 9.84 Å². The van der Waals surface area contributed by atoms with Gasteiger partial charge < -0.3 is 9.84 Å². The molecule has 0 aliphatic heterocycles. The number of aromatic nitrogens is 1. The molecule has 1 N–H and O–H groups in total. The molecule has 0 amide bonds. The smallest absolute Gasteiger partial charge is 0.347 e. The molecular formula is C14H14FNO3S. The number of thiazole rings is 1. The molecule has 4 nitrogen and oxygen atoms in total. The lowest BCUT2D eigenvalue weighted by Crippen LogP contribution is -1.97. The first kappa shape index (κ1) is 14.5. The molecule has 0 aliphatic rings. The molecule has 0 aliphatic carbocycles. The molecule has 0 bridgehead atoms. The van der Waals surface area contributed by atoms with E-state index in [2.05, 4.69) is 4.98 Å². The molecule has 1 aromatic heterocycles. The van der Waals surface area contributed by atoms with Crippen molar-refractivity contribution < 1.29 is 19.0 Å². The van der Waals surface area contributed by atoms with Crippen LogP contribution in [0, 0.1) is 6.92 Å². The average molecular weight is 295 g/mol. The molecule has 0 saturated carbocycles. The number of aryl methyl sites for hydroxylation is 1. The van der Waals surface area contributed by atoms with E-state index in [1.165, 1.54) is 0 Å². The number of hydrogen-bond acceptors (Lipinski definition) is 4. The van der Waals surface area contributed by atoms with Crippen molar-refractivity contribution in [3.63, 3.8) is 0 Å². The first-order valence-electron chi connectivity index (χ1n) is 6.11. The summed E-state index contributed by atoms with van der Waals surface area (Å²) in [4.78, 5) is 15.5. The van der Waals surface area contributed by atoms with Crippen LogP contribution in [0.15, 0.2) is 24.3 Å². The normalized spacial score (nSPS) is 10.5. The molecule has 2 rings (SSSR count). The number of nitrogens with zero attached hydrogens (tertiary/aromatic N) is 1. The number of alkyl halides is 1. The Morgan fingerprint density at radius 1 is 1.40 bits per heavy atom. The summed E-state index contributed by atoms with van der Waals surface area (Å²) < 4.78 is 17.3. The van der Waals surface area contributed by atoms with E-state index in [-0.39, 0.29) is 4.88 Å². The van der Waals surface area contributed by atoms with Crippen molar-refractivity contribution in [1.29, 1.82) is 0 Å². The lowest BCUT2D eigenvalue weighted by atomic mass is 10.2. The predicted octanol–water partition coefficient (Wildman–Crippen LogP) is 3.56. The zero-order chi connectivity index (χ0) is 14.5. The molecular weight excluding hydrogens is 281 g/mol. The van der Waals surface area contributed by atoms with Gasteiger partial charge in [-0.15, -0.1) is 11.3 Å². The largest absolute Gasteiger partial charge is 0.493 e. The Hall–Kier alpha value is -1.95. The third kappa shape index (κ3) is 3.33. The van der Waals surface area contributed by atoms with Crippen molar-refractivity contribution in [2.45, 2.75) is 13.3 Å². The molecule has 0 spiro atoms. The second-order valence-corrected chi connectivity index (χ2v) is 5.15. The second-order valence-electron chi connectivity index (χ2n) is 4.15. The molecule has 0 atom stereocenters. The van der Waals surface area contributed by atoms with Gasteiger partial charge in [0.1, 0.15) is 15.6 Å². The van der Waals surface area contributed by atoms with Crippen LogP contribution in [0.25, 0.3) is 10.6 Å². The summed E-state index contributed by atoms with van der Waals surface area (Å²) in [6.45, 7) is 1.63. The Morgan fingerprint density at radius 3 is 2.65 bits per heavy atom. The minimum absolute atomic E-state index is 0.253. The zero-order valence-corrected chi connectivity index (χ0v) is 11.7. The summed E-state index contributed by atoms with van der Waals surface area (Å²) in [6.07, 6.45) is 0.370. The van der Waals surface area contributed by atoms with Crippen LogP contribution in [0.3, 0.4) is 0 Å². The van der Waals surface area contributed by atoms with Gasteiger partial charge in [0.05, 0.1) is 19.0 Å². The molecule has 106 valence electrons. The predicted molar refractivity (Wildman–Crippen MR) is 75.3 cm³/mol. The molecule has 0 unspecified atom stereocenters. The maximum Gasteiger partial charge on any atom is 0.347 e. The van der Waals surface area contributed by atoms with Crippen LogP contribution in [0.1, 0.15) is 21.8 Å². The first-order valence-corrected chi connectivity index (χ1v) is 6.93. The van der Waals surface area contributed by atoms with Crippen LogP contribution >= 0.6 is 11.3 Å². The number of carbonyl (C=O) groups is 1. The fraction of sp³-hybridized carbons (Fsp3) is 0.286. The van der Waals surface area contributed by atoms with Crippen LogP contribution < -0.4 is 4.74 Å². The van der Waals surface area contributed by atoms with E-state index in [0.717, 1.165) is 16.9 Å². The number of benzene rings is 1. The fourth-order valence-electron chi connectivity index (χ4n) is 1.66. The summed E-state index contributed by atoms with van der Waals surface area (Å²) in [5.74, 6) is -0.300. The molecule has 0 saturated heterocycles. The second kappa shape index (κ2) is 6.47. The zero-order valence-electron chi connectivity index (χ0n) is 10.9. The van der Waals surface area contributed by atoms with Crippen molar-refractivity contribution in [2.75, 3.05) is 13.3 Å². The molecule has 20 heavy (non-hydrogen) atoms. The van der Waals surface area contributed by atoms with E-state index in [9.17, 15) is 9.18 Å². The topological polar surface area (TPSA) is 59.4 Å². The molecule has 0 fully saturated rings. The van der Waals surface area contributed by atoms with Crippen LogP contribution in [0.2, 0.25) is 0 Å². The van der Waals surface area contributed by atoms with Crippen molar-refractivity contribution in [1.82, 2.24) is 4.98 Å². The van der Waals surface area contributed by atoms with E-state index in [1.54, 1.807) is 19.1 Å². The molecule has 1 aromatic carbocycles. The summed E-state index contributed by atoms with van der Waals surface area (Å²) in [6, 6.07) is 7.17. The van der Waals surface area contributed by atoms with Gasteiger partial charge in [0.2, 0.25) is 0 Å². The molecule has 6 heteroatoms. The van der Waals surface area contributed by atoms with Crippen molar-refractivity contribution >= 4 is 17.3 Å². The van der Waals surface area contributed by atoms with Gasteiger partial charge in [0.25, 0.3) is 0 Å². The summed E-state index contributed by atoms with van der Waals surface area (Å²) in [5, 5.41) is 9.67. The van der Waals surface area contributed by atoms with Crippen molar-refractivity contribution in [3.05, 3.63) is 34.8 Å². The summed E-state index contributed by atoms with van der Waals surface area (Å²) >= 11 is 1.15. The average Bonchev–Trinajstić information content (AvgIpc) is 2.82. The van der Waals surface area contributed by atoms with Crippen LogP contribution in [0.5, 0.6) is 5.75 Å². The van der Waals surface area contributed by atoms with E-state index < -0.39 is 12.6 Å². The number of carboxylic acid groups (broad SMARTS) is 1. The van der Waals surface area contributed by atoms with Crippen molar-refractivity contribution in [3.8, 4) is 16.3 Å². The van der Waals surface area contributed by atoms with Gasteiger partial charge in [-0.1, -0.05) is 0 Å². The van der Waals surface area contributed by atoms with Gasteiger partial charge in [-0.05, 0) is 31.2 Å². The maximum atomic E-state index is 12.0. The van der Waals surface area contributed by atoms with Gasteiger partial charge in [-0.2, -0.15) is 0 Å². The first-order chi connectivity index (χ1) is 9.61. The third-order valence-electron chi connectivity index (χ3n) is 2.64. The minimum atomic E-state index is -0.961. The Labute approximate surface area is 119 Å². The Bertz CT molecular complexity index is 595. The van der Waals surface area contributed by atoms with E-state index >= 15 is 0 Å². The summed E-state index contributed by atoms with van der Waals surface area (Å²) in [7, 11) is 0. The van der Waals surface area contributed by atoms with Crippen LogP contribution in [-0.4, -0.2) is 29.3 Å². The minimum Gasteiger partial charge on any atom is -0.493 e. The molecule has 1 heterocycles. The fourth-order valence-corrected chi connectivity index (χ4v) is 2.57. The molecule has 2 aromatic rings. The van der Waals surface area contributed by atoms with Gasteiger partial charge in [-0.3, -0.25) is 4.39 Å². The maximum absolute atomic E-state index is 12.0. The van der Waals surface area contributed by atoms with E-state index in [1.807, 2.05) is 12.1 Å². The Morgan fingerprint density at radius 2 is 2.10 bits per heavy atom. The Balaban J connectivity index is 2.13. The number of rotatable bonds is 6. The number of carboxylic acids is 1. The highest BCUT2D eigenvalue weighted by atomic mass is 32.1. The van der Waals surface area contributed by atoms with Gasteiger partial charge >= 0.3 is 5.97 Å². The number of ether oxygens (including phenoxy) is 1. The van der Waals surface area contributed by atoms with Gasteiger partial charge in [-0.25, -0.2) is 9.78 Å². The van der Waals surface area contributed by atoms with E-state index in [0.29, 0.717) is 29.5 Å². The quantitative estimate of drug-likeness (QED) is 0.828.